The third kappa shape index (κ3) is 4.28. The van der Waals surface area contributed by atoms with Crippen LogP contribution in [0.5, 0.6) is 0 Å². The number of aryl methyl sites for hydroxylation is 1. The van der Waals surface area contributed by atoms with Gasteiger partial charge in [-0.2, -0.15) is 4.72 Å². The number of rotatable bonds is 4. The van der Waals surface area contributed by atoms with Gasteiger partial charge < -0.3 is 0 Å². The quantitative estimate of drug-likeness (QED) is 0.691. The van der Waals surface area contributed by atoms with Crippen LogP contribution in [0.1, 0.15) is 27.7 Å². The van der Waals surface area contributed by atoms with Gasteiger partial charge in [-0.1, -0.05) is 24.0 Å². The number of sulfonamides is 1. The fourth-order valence-electron chi connectivity index (χ4n) is 1.69. The second-order valence-electron chi connectivity index (χ2n) is 4.62. The van der Waals surface area contributed by atoms with Crippen molar-refractivity contribution < 1.29 is 13.2 Å². The molecule has 0 atom stereocenters. The van der Waals surface area contributed by atoms with E-state index in [4.69, 9.17) is 0 Å². The molecule has 0 amide bonds. The molecule has 2 aromatic rings. The molecule has 0 bridgehead atoms. The lowest BCUT2D eigenvalue weighted by Gasteiger charge is -1.99. The fourth-order valence-corrected chi connectivity index (χ4v) is 3.94. The maximum absolute atomic E-state index is 12.0. The van der Waals surface area contributed by atoms with Gasteiger partial charge in [0.25, 0.3) is 10.0 Å². The average Bonchev–Trinajstić information content (AvgIpc) is 2.92. The Kier molecular flexibility index (Phi) is 5.14. The monoisotopic (exact) mass is 333 g/mol. The van der Waals surface area contributed by atoms with Gasteiger partial charge in [0.15, 0.2) is 5.78 Å². The van der Waals surface area contributed by atoms with Crippen molar-refractivity contribution in [3.05, 3.63) is 52.4 Å². The van der Waals surface area contributed by atoms with Crippen LogP contribution in [0.2, 0.25) is 0 Å². The summed E-state index contributed by atoms with van der Waals surface area (Å²) >= 11 is 1.22. The van der Waals surface area contributed by atoms with Crippen molar-refractivity contribution in [2.75, 3.05) is 6.54 Å². The van der Waals surface area contributed by atoms with Crippen LogP contribution in [-0.4, -0.2) is 20.7 Å². The molecule has 0 unspecified atom stereocenters. The van der Waals surface area contributed by atoms with E-state index in [0.29, 0.717) is 5.56 Å². The molecule has 1 aromatic carbocycles. The van der Waals surface area contributed by atoms with Crippen LogP contribution >= 0.6 is 11.3 Å². The van der Waals surface area contributed by atoms with Gasteiger partial charge in [-0.3, -0.25) is 4.79 Å². The van der Waals surface area contributed by atoms with Gasteiger partial charge >= 0.3 is 0 Å². The Balaban J connectivity index is 1.98. The summed E-state index contributed by atoms with van der Waals surface area (Å²) in [6.07, 6.45) is 0. The van der Waals surface area contributed by atoms with Crippen LogP contribution in [0.4, 0.5) is 0 Å². The highest BCUT2D eigenvalue weighted by molar-refractivity contribution is 7.91. The summed E-state index contributed by atoms with van der Waals surface area (Å²) in [5.74, 6) is 5.62. The number of thiophene rings is 1. The maximum atomic E-state index is 12.0. The van der Waals surface area contributed by atoms with Crippen LogP contribution in [0, 0.1) is 18.8 Å². The van der Waals surface area contributed by atoms with Crippen LogP contribution < -0.4 is 4.72 Å². The molecule has 0 saturated carbocycles. The summed E-state index contributed by atoms with van der Waals surface area (Å²) in [4.78, 5) is 12.1. The number of carbonyl (C=O) groups excluding carboxylic acids is 1. The summed E-state index contributed by atoms with van der Waals surface area (Å²) in [5, 5.41) is 0. The van der Waals surface area contributed by atoms with Crippen molar-refractivity contribution in [1.29, 1.82) is 0 Å². The first-order valence-corrected chi connectivity index (χ1v) is 8.84. The molecule has 0 spiro atoms. The minimum absolute atomic E-state index is 0.00138. The lowest BCUT2D eigenvalue weighted by molar-refractivity contribution is 0.101. The van der Waals surface area contributed by atoms with Crippen molar-refractivity contribution in [3.8, 4) is 11.8 Å². The zero-order valence-electron chi connectivity index (χ0n) is 12.2. The zero-order chi connectivity index (χ0) is 16.2. The number of Topliss-reactive ketones (excluding diaryl/α,β-unsaturated/α-hetero) is 1. The summed E-state index contributed by atoms with van der Waals surface area (Å²) < 4.78 is 26.7. The predicted molar refractivity (Wildman–Crippen MR) is 87.6 cm³/mol. The largest absolute Gasteiger partial charge is 0.295 e. The normalized spacial score (nSPS) is 10.8. The second-order valence-corrected chi connectivity index (χ2v) is 7.91. The third-order valence-electron chi connectivity index (χ3n) is 2.86. The van der Waals surface area contributed by atoms with E-state index in [9.17, 15) is 13.2 Å². The van der Waals surface area contributed by atoms with Crippen LogP contribution in [0.15, 0.2) is 40.6 Å². The Hall–Kier alpha value is -1.94. The molecule has 6 heteroatoms. The first-order valence-electron chi connectivity index (χ1n) is 6.54. The van der Waals surface area contributed by atoms with E-state index in [0.717, 1.165) is 10.4 Å². The number of carbonyl (C=O) groups is 1. The van der Waals surface area contributed by atoms with Crippen LogP contribution in [0.25, 0.3) is 0 Å². The first-order chi connectivity index (χ1) is 10.4. The van der Waals surface area contributed by atoms with Gasteiger partial charge in [-0.25, -0.2) is 8.42 Å². The lowest BCUT2D eigenvalue weighted by Crippen LogP contribution is -2.23. The third-order valence-corrected chi connectivity index (χ3v) is 5.75. The molecule has 4 nitrogen and oxygen atoms in total. The molecule has 0 aliphatic carbocycles. The topological polar surface area (TPSA) is 63.2 Å². The summed E-state index contributed by atoms with van der Waals surface area (Å²) in [6, 6.07) is 10.2. The van der Waals surface area contributed by atoms with E-state index in [-0.39, 0.29) is 16.5 Å². The second kappa shape index (κ2) is 6.88. The van der Waals surface area contributed by atoms with E-state index in [1.807, 2.05) is 6.92 Å². The number of nitrogens with one attached hydrogen (secondary N) is 1. The summed E-state index contributed by atoms with van der Waals surface area (Å²) in [6.45, 7) is 3.39. The van der Waals surface area contributed by atoms with Gasteiger partial charge in [-0.05, 0) is 38.1 Å². The van der Waals surface area contributed by atoms with E-state index >= 15 is 0 Å². The highest BCUT2D eigenvalue weighted by Crippen LogP contribution is 2.19. The molecule has 0 fully saturated rings. The zero-order valence-corrected chi connectivity index (χ0v) is 13.8. The highest BCUT2D eigenvalue weighted by Gasteiger charge is 2.14. The van der Waals surface area contributed by atoms with Gasteiger partial charge in [0.1, 0.15) is 4.21 Å². The van der Waals surface area contributed by atoms with Gasteiger partial charge in [0, 0.05) is 16.0 Å². The van der Waals surface area contributed by atoms with E-state index in [1.165, 1.54) is 18.3 Å². The molecular weight excluding hydrogens is 318 g/mol. The van der Waals surface area contributed by atoms with Crippen molar-refractivity contribution >= 4 is 27.1 Å². The summed E-state index contributed by atoms with van der Waals surface area (Å²) in [5.41, 5.74) is 1.36. The Morgan fingerprint density at radius 1 is 1.18 bits per heavy atom. The Bertz CT molecular complexity index is 838. The lowest BCUT2D eigenvalue weighted by atomic mass is 10.1. The molecule has 1 heterocycles. The molecule has 1 aromatic heterocycles. The van der Waals surface area contributed by atoms with Crippen molar-refractivity contribution in [1.82, 2.24) is 4.72 Å². The van der Waals surface area contributed by atoms with Crippen LogP contribution in [0.3, 0.4) is 0 Å². The average molecular weight is 333 g/mol. The Morgan fingerprint density at radius 2 is 1.86 bits per heavy atom. The summed E-state index contributed by atoms with van der Waals surface area (Å²) in [7, 11) is -3.49. The van der Waals surface area contributed by atoms with E-state index in [1.54, 1.807) is 36.4 Å². The molecule has 1 N–H and O–H groups in total. The van der Waals surface area contributed by atoms with Gasteiger partial charge in [-0.15, -0.1) is 11.3 Å². The molecule has 2 rings (SSSR count). The molecule has 22 heavy (non-hydrogen) atoms. The van der Waals surface area contributed by atoms with Gasteiger partial charge in [0.2, 0.25) is 0 Å². The Morgan fingerprint density at radius 3 is 2.41 bits per heavy atom. The maximum Gasteiger partial charge on any atom is 0.250 e. The number of hydrogen-bond donors (Lipinski definition) is 1. The van der Waals surface area contributed by atoms with Crippen molar-refractivity contribution in [3.63, 3.8) is 0 Å². The van der Waals surface area contributed by atoms with E-state index in [2.05, 4.69) is 16.6 Å². The number of ketones is 1. The minimum Gasteiger partial charge on any atom is -0.295 e. The molecular formula is C16H15NO3S2. The number of benzene rings is 1. The molecule has 114 valence electrons. The SMILES string of the molecule is CC(=O)c1ccc(C#CCNS(=O)(=O)c2ccc(C)s2)cc1. The van der Waals surface area contributed by atoms with Crippen molar-refractivity contribution in [2.45, 2.75) is 18.1 Å². The fraction of sp³-hybridized carbons (Fsp3) is 0.188. The molecule has 0 saturated heterocycles. The molecule has 0 aliphatic heterocycles. The minimum atomic E-state index is -3.49. The first kappa shape index (κ1) is 16.4. The standard InChI is InChI=1S/C16H15NO3S2/c1-12-5-10-16(21-12)22(19,20)17-11-3-4-14-6-8-15(9-7-14)13(2)18/h5-10,17H,11H2,1-2H3. The predicted octanol–water partition coefficient (Wildman–Crippen LogP) is 2.59. The highest BCUT2D eigenvalue weighted by atomic mass is 32.2. The van der Waals surface area contributed by atoms with Gasteiger partial charge in [0.05, 0.1) is 6.54 Å². The molecule has 0 aliphatic rings. The van der Waals surface area contributed by atoms with E-state index < -0.39 is 10.0 Å². The smallest absolute Gasteiger partial charge is 0.250 e. The van der Waals surface area contributed by atoms with Crippen LogP contribution in [-0.2, 0) is 10.0 Å². The number of hydrogen-bond acceptors (Lipinski definition) is 4. The van der Waals surface area contributed by atoms with Crippen molar-refractivity contribution in [2.24, 2.45) is 0 Å². The molecule has 0 radical (unpaired) electrons. The Labute approximate surface area is 134 Å².